The molecule has 0 radical (unpaired) electrons. The molecule has 72 heavy (non-hydrogen) atoms. The van der Waals surface area contributed by atoms with Gasteiger partial charge < -0.3 is 30.2 Å². The van der Waals surface area contributed by atoms with Gasteiger partial charge in [0.05, 0.1) is 35.4 Å². The van der Waals surface area contributed by atoms with Gasteiger partial charge in [-0.3, -0.25) is 28.9 Å². The summed E-state index contributed by atoms with van der Waals surface area (Å²) < 4.78 is 15.1. The average molecular weight is 975 g/mol. The first-order valence-corrected chi connectivity index (χ1v) is 25.2. The highest BCUT2D eigenvalue weighted by atomic mass is 19.1. The summed E-state index contributed by atoms with van der Waals surface area (Å²) in [7, 11) is 0. The van der Waals surface area contributed by atoms with E-state index >= 15 is 4.39 Å². The summed E-state index contributed by atoms with van der Waals surface area (Å²) in [6.07, 6.45) is 4.63. The van der Waals surface area contributed by atoms with E-state index in [1.54, 1.807) is 40.3 Å². The Morgan fingerprint density at radius 2 is 1.42 bits per heavy atom. The molecule has 4 aromatic carbocycles. The van der Waals surface area contributed by atoms with Crippen molar-refractivity contribution in [3.8, 4) is 11.1 Å². The minimum atomic E-state index is -0.610. The first kappa shape index (κ1) is 49.8. The Bertz CT molecular complexity index is 2990. The molecular formula is C56H63FN10O5. The van der Waals surface area contributed by atoms with Gasteiger partial charge in [0, 0.05) is 102 Å². The van der Waals surface area contributed by atoms with Crippen molar-refractivity contribution in [1.82, 2.24) is 45.0 Å². The zero-order chi connectivity index (χ0) is 50.1. The molecule has 0 spiro atoms. The van der Waals surface area contributed by atoms with Crippen LogP contribution in [0.25, 0.3) is 21.9 Å². The number of aryl methyl sites for hydroxylation is 2. The zero-order valence-electron chi connectivity index (χ0n) is 41.2. The number of aromatic nitrogens is 3. The number of pyridine rings is 1. The van der Waals surface area contributed by atoms with E-state index in [1.807, 2.05) is 60.4 Å². The lowest BCUT2D eigenvalue weighted by atomic mass is 9.95. The lowest BCUT2D eigenvalue weighted by molar-refractivity contribution is -0.134. The van der Waals surface area contributed by atoms with E-state index < -0.39 is 11.7 Å². The molecule has 15 nitrogen and oxygen atoms in total. The van der Waals surface area contributed by atoms with Crippen LogP contribution in [0.1, 0.15) is 68.6 Å². The summed E-state index contributed by atoms with van der Waals surface area (Å²) in [5.41, 5.74) is 6.87. The molecular weight excluding hydrogens is 912 g/mol. The van der Waals surface area contributed by atoms with Crippen molar-refractivity contribution < 1.29 is 23.6 Å². The number of carbonyl (C=O) groups excluding carboxylic acids is 4. The quantitative estimate of drug-likeness (QED) is 0.115. The third kappa shape index (κ3) is 12.1. The summed E-state index contributed by atoms with van der Waals surface area (Å²) in [6, 6.07) is 29.9. The zero-order valence-corrected chi connectivity index (χ0v) is 41.2. The van der Waals surface area contributed by atoms with Crippen molar-refractivity contribution >= 4 is 40.1 Å². The van der Waals surface area contributed by atoms with E-state index in [2.05, 4.69) is 60.7 Å². The molecule has 3 fully saturated rings. The Morgan fingerprint density at radius 1 is 0.708 bits per heavy atom. The number of likely N-dealkylation sites (tertiary alicyclic amines) is 1. The van der Waals surface area contributed by atoms with Gasteiger partial charge in [0.1, 0.15) is 5.82 Å². The fourth-order valence-electron chi connectivity index (χ4n) is 10.1. The van der Waals surface area contributed by atoms with E-state index in [1.165, 1.54) is 11.6 Å². The number of nitrogens with one attached hydrogen (secondary N) is 3. The molecule has 3 aliphatic rings. The van der Waals surface area contributed by atoms with Crippen molar-refractivity contribution in [3.63, 3.8) is 0 Å². The molecule has 0 atom stereocenters. The third-order valence-electron chi connectivity index (χ3n) is 14.3. The summed E-state index contributed by atoms with van der Waals surface area (Å²) >= 11 is 0. The van der Waals surface area contributed by atoms with Crippen LogP contribution >= 0.6 is 0 Å². The van der Waals surface area contributed by atoms with Gasteiger partial charge in [-0.25, -0.2) is 14.5 Å². The number of rotatable bonds is 15. The summed E-state index contributed by atoms with van der Waals surface area (Å²) in [5.74, 6) is -1.03. The number of hydrogen-bond donors (Lipinski definition) is 3. The number of carbonyl (C=O) groups is 4. The van der Waals surface area contributed by atoms with Gasteiger partial charge >= 0.3 is 0 Å². The fraction of sp³-hybridized carbons (Fsp3) is 0.375. The molecule has 0 aliphatic carbocycles. The smallest absolute Gasteiger partial charge is 0.274 e. The van der Waals surface area contributed by atoms with E-state index in [4.69, 9.17) is 0 Å². The monoisotopic (exact) mass is 974 g/mol. The molecule has 0 bridgehead atoms. The van der Waals surface area contributed by atoms with Gasteiger partial charge in [-0.1, -0.05) is 85.3 Å². The maximum atomic E-state index is 15.1. The number of aromatic amines is 1. The highest BCUT2D eigenvalue weighted by Crippen LogP contribution is 2.28. The predicted octanol–water partition coefficient (Wildman–Crippen LogP) is 5.77. The summed E-state index contributed by atoms with van der Waals surface area (Å²) in [6.45, 7) is 11.8. The Kier molecular flexibility index (Phi) is 15.9. The second-order valence-electron chi connectivity index (χ2n) is 19.3. The molecule has 374 valence electrons. The number of piperidine rings is 1. The van der Waals surface area contributed by atoms with Gasteiger partial charge in [0.15, 0.2) is 5.69 Å². The Balaban J connectivity index is 0.722. The molecule has 4 amide bonds. The molecule has 6 aromatic rings. The van der Waals surface area contributed by atoms with Crippen LogP contribution in [0.5, 0.6) is 0 Å². The maximum Gasteiger partial charge on any atom is 0.274 e. The van der Waals surface area contributed by atoms with Gasteiger partial charge in [-0.2, -0.15) is 5.10 Å². The van der Waals surface area contributed by atoms with E-state index in [0.29, 0.717) is 92.4 Å². The normalized spacial score (nSPS) is 16.0. The van der Waals surface area contributed by atoms with E-state index in [0.717, 1.165) is 74.2 Å². The number of H-pyrrole nitrogens is 1. The number of hydrogen-bond acceptors (Lipinski definition) is 10. The van der Waals surface area contributed by atoms with Crippen LogP contribution in [-0.4, -0.2) is 148 Å². The lowest BCUT2D eigenvalue weighted by Crippen LogP contribution is -2.55. The molecule has 16 heteroatoms. The molecule has 2 aromatic heterocycles. The van der Waals surface area contributed by atoms with Crippen molar-refractivity contribution in [2.75, 3.05) is 90.4 Å². The minimum Gasteiger partial charge on any atom is -0.338 e. The fourth-order valence-corrected chi connectivity index (χ4v) is 10.1. The van der Waals surface area contributed by atoms with Gasteiger partial charge in [0.2, 0.25) is 11.8 Å². The van der Waals surface area contributed by atoms with Gasteiger partial charge in [-0.05, 0) is 78.6 Å². The number of nitrogens with zero attached hydrogens (tertiary/aromatic N) is 7. The van der Waals surface area contributed by atoms with Crippen molar-refractivity contribution in [3.05, 3.63) is 159 Å². The Labute approximate surface area is 419 Å². The van der Waals surface area contributed by atoms with Crippen LogP contribution in [-0.2, 0) is 29.0 Å². The topological polar surface area (TPSA) is 167 Å². The number of fused-ring (bicyclic) bond motifs is 1. The minimum absolute atomic E-state index is 0.0220. The lowest BCUT2D eigenvalue weighted by Gasteiger charge is -2.40. The standard InChI is InChI=1S/C56H63FN10O5/c1-3-39-9-7-11-43(29-39)44-32-50(60-51(68)35-58-33-42-10-6-8-38(2)28-42)53(59-34-44)56(72)66-18-16-40(17-19-66)36-63-20-22-64(23-21-63)37-52(69)65-24-26-67(27-25-65)55(71)47-30-41(14-15-48(47)57)31-49-45-12-4-5-13-46(45)54(70)62-61-49/h4-15,28-30,32,34,40,58H,3,16-27,31,33,35-37H2,1-2H3,(H,60,68)(H,62,70). The van der Waals surface area contributed by atoms with Crippen LogP contribution in [0.4, 0.5) is 10.1 Å². The molecule has 3 saturated heterocycles. The summed E-state index contributed by atoms with van der Waals surface area (Å²) in [4.78, 5) is 81.4. The van der Waals surface area contributed by atoms with E-state index in [9.17, 15) is 24.0 Å². The molecule has 9 rings (SSSR count). The number of piperazine rings is 2. The maximum absolute atomic E-state index is 15.1. The number of anilines is 1. The molecule has 0 saturated carbocycles. The highest BCUT2D eigenvalue weighted by Gasteiger charge is 2.31. The predicted molar refractivity (Wildman–Crippen MR) is 276 cm³/mol. The summed E-state index contributed by atoms with van der Waals surface area (Å²) in [5, 5.41) is 14.2. The second-order valence-corrected chi connectivity index (χ2v) is 19.3. The van der Waals surface area contributed by atoms with Gasteiger partial charge in [-0.15, -0.1) is 0 Å². The molecule has 0 unspecified atom stereocenters. The average Bonchev–Trinajstić information content (AvgIpc) is 3.40. The largest absolute Gasteiger partial charge is 0.338 e. The third-order valence-corrected chi connectivity index (χ3v) is 14.3. The number of halogens is 1. The van der Waals surface area contributed by atoms with Crippen molar-refractivity contribution in [2.24, 2.45) is 5.92 Å². The number of amides is 4. The van der Waals surface area contributed by atoms with Crippen molar-refractivity contribution in [2.45, 2.75) is 46.1 Å². The number of benzene rings is 4. The molecule has 3 aliphatic heterocycles. The van der Waals surface area contributed by atoms with Crippen LogP contribution in [0.15, 0.2) is 108 Å². The van der Waals surface area contributed by atoms with E-state index in [-0.39, 0.29) is 41.1 Å². The van der Waals surface area contributed by atoms with Crippen LogP contribution in [0.3, 0.4) is 0 Å². The Hall–Kier alpha value is -7.14. The van der Waals surface area contributed by atoms with Crippen molar-refractivity contribution in [1.29, 1.82) is 0 Å². The first-order valence-electron chi connectivity index (χ1n) is 25.2. The van der Waals surface area contributed by atoms with Crippen LogP contribution in [0.2, 0.25) is 0 Å². The second kappa shape index (κ2) is 22.9. The molecule has 3 N–H and O–H groups in total. The van der Waals surface area contributed by atoms with Gasteiger partial charge in [0.25, 0.3) is 17.4 Å². The van der Waals surface area contributed by atoms with Crippen LogP contribution in [0, 0.1) is 18.7 Å². The Morgan fingerprint density at radius 3 is 2.18 bits per heavy atom. The highest BCUT2D eigenvalue weighted by molar-refractivity contribution is 6.03. The van der Waals surface area contributed by atoms with Crippen LogP contribution < -0.4 is 16.2 Å². The first-order chi connectivity index (χ1) is 35.0. The SMILES string of the molecule is CCc1cccc(-c2cnc(C(=O)N3CCC(CN4CCN(CC(=O)N5CCN(C(=O)c6cc(Cc7n[nH]c(=O)c8ccccc78)ccc6F)CC5)CC4)CC3)c(NC(=O)CNCc3cccc(C)c3)c2)c1. The molecule has 5 heterocycles.